The predicted octanol–water partition coefficient (Wildman–Crippen LogP) is 1.88. The van der Waals surface area contributed by atoms with Crippen LogP contribution in [-0.4, -0.2) is 40.7 Å². The Labute approximate surface area is 119 Å². The first-order valence-corrected chi connectivity index (χ1v) is 9.32. The van der Waals surface area contributed by atoms with Crippen molar-refractivity contribution >= 4 is 8.80 Å². The molecule has 0 bridgehead atoms. The highest BCUT2D eigenvalue weighted by atomic mass is 28.4. The van der Waals surface area contributed by atoms with Crippen molar-refractivity contribution in [2.45, 2.75) is 58.6 Å². The molecule has 19 heavy (non-hydrogen) atoms. The van der Waals surface area contributed by atoms with Gasteiger partial charge in [0.1, 0.15) is 0 Å². The highest BCUT2D eigenvalue weighted by Gasteiger charge is 2.45. The molecule has 5 nitrogen and oxygen atoms in total. The summed E-state index contributed by atoms with van der Waals surface area (Å²) in [6.07, 6.45) is 2.55. The van der Waals surface area contributed by atoms with Gasteiger partial charge in [0, 0.05) is 19.3 Å². The van der Waals surface area contributed by atoms with Crippen LogP contribution in [0.1, 0.15) is 47.0 Å². The molecule has 0 saturated carbocycles. The summed E-state index contributed by atoms with van der Waals surface area (Å²) >= 11 is 0. The summed E-state index contributed by atoms with van der Waals surface area (Å²) in [5.41, 5.74) is 11.0. The van der Waals surface area contributed by atoms with Gasteiger partial charge in [-0.15, -0.1) is 0 Å². The predicted molar refractivity (Wildman–Crippen MR) is 80.9 cm³/mol. The molecule has 0 amide bonds. The van der Waals surface area contributed by atoms with Gasteiger partial charge in [-0.25, -0.2) is 0 Å². The first kappa shape index (κ1) is 19.0. The maximum atomic E-state index is 6.36. The molecule has 0 aromatic heterocycles. The van der Waals surface area contributed by atoms with Gasteiger partial charge in [-0.1, -0.05) is 6.92 Å². The second-order valence-corrected chi connectivity index (χ2v) is 7.53. The maximum Gasteiger partial charge on any atom is 0.501 e. The lowest BCUT2D eigenvalue weighted by Crippen LogP contribution is -2.52. The molecule has 0 spiro atoms. The largest absolute Gasteiger partial charge is 0.501 e. The van der Waals surface area contributed by atoms with Gasteiger partial charge in [0.05, 0.1) is 5.60 Å². The van der Waals surface area contributed by atoms with Crippen molar-refractivity contribution in [2.24, 2.45) is 11.5 Å². The molecule has 1 unspecified atom stereocenters. The van der Waals surface area contributed by atoms with Crippen LogP contribution in [0, 0.1) is 0 Å². The first-order chi connectivity index (χ1) is 9.01. The van der Waals surface area contributed by atoms with Crippen LogP contribution in [0.15, 0.2) is 0 Å². The van der Waals surface area contributed by atoms with E-state index in [9.17, 15) is 0 Å². The van der Waals surface area contributed by atoms with Crippen molar-refractivity contribution in [3.8, 4) is 0 Å². The van der Waals surface area contributed by atoms with Crippen molar-refractivity contribution in [1.82, 2.24) is 0 Å². The van der Waals surface area contributed by atoms with Gasteiger partial charge < -0.3 is 24.7 Å². The minimum absolute atomic E-state index is 0.278. The average molecular weight is 292 g/mol. The quantitative estimate of drug-likeness (QED) is 0.537. The first-order valence-electron chi connectivity index (χ1n) is 7.39. The lowest BCUT2D eigenvalue weighted by Gasteiger charge is -2.38. The Morgan fingerprint density at radius 2 is 1.58 bits per heavy atom. The Kier molecular flexibility index (Phi) is 9.86. The van der Waals surface area contributed by atoms with E-state index >= 15 is 0 Å². The number of hydrogen-bond donors (Lipinski definition) is 2. The molecule has 0 heterocycles. The highest BCUT2D eigenvalue weighted by molar-refractivity contribution is 6.60. The molecule has 0 aromatic carbocycles. The standard InChI is InChI=1S/C13H32N2O3Si/c1-5-13(4,9-11-15)18-19(16-6-2,17-7-3)12-8-10-14/h5-12,14-15H2,1-4H3. The fourth-order valence-corrected chi connectivity index (χ4v) is 5.14. The van der Waals surface area contributed by atoms with Crippen LogP contribution < -0.4 is 11.5 Å². The second-order valence-electron chi connectivity index (χ2n) is 4.89. The molecule has 0 saturated heterocycles. The van der Waals surface area contributed by atoms with Crippen molar-refractivity contribution < 1.29 is 13.3 Å². The van der Waals surface area contributed by atoms with Gasteiger partial charge in [-0.05, 0) is 53.1 Å². The lowest BCUT2D eigenvalue weighted by atomic mass is 10.00. The van der Waals surface area contributed by atoms with Gasteiger partial charge >= 0.3 is 8.80 Å². The van der Waals surface area contributed by atoms with Crippen LogP contribution in [0.3, 0.4) is 0 Å². The monoisotopic (exact) mass is 292 g/mol. The highest BCUT2D eigenvalue weighted by Crippen LogP contribution is 2.29. The fraction of sp³-hybridized carbons (Fsp3) is 1.00. The Hall–Kier alpha value is 0.0169. The van der Waals surface area contributed by atoms with E-state index in [1.807, 2.05) is 13.8 Å². The number of rotatable bonds is 12. The Balaban J connectivity index is 4.95. The van der Waals surface area contributed by atoms with Gasteiger partial charge in [0.15, 0.2) is 0 Å². The molecule has 0 aliphatic heterocycles. The molecule has 0 radical (unpaired) electrons. The summed E-state index contributed by atoms with van der Waals surface area (Å²) in [5.74, 6) is 0. The molecule has 0 aliphatic rings. The fourth-order valence-electron chi connectivity index (χ4n) is 2.04. The summed E-state index contributed by atoms with van der Waals surface area (Å²) in [4.78, 5) is 0. The smallest absolute Gasteiger partial charge is 0.374 e. The van der Waals surface area contributed by atoms with Crippen LogP contribution in [0.5, 0.6) is 0 Å². The van der Waals surface area contributed by atoms with Gasteiger partial charge in [0.25, 0.3) is 0 Å². The third-order valence-electron chi connectivity index (χ3n) is 3.24. The Morgan fingerprint density at radius 3 is 1.95 bits per heavy atom. The lowest BCUT2D eigenvalue weighted by molar-refractivity contribution is -0.0256. The van der Waals surface area contributed by atoms with Gasteiger partial charge in [-0.3, -0.25) is 0 Å². The molecular formula is C13H32N2O3Si. The van der Waals surface area contributed by atoms with Crippen molar-refractivity contribution in [1.29, 1.82) is 0 Å². The number of nitrogens with two attached hydrogens (primary N) is 2. The van der Waals surface area contributed by atoms with E-state index in [-0.39, 0.29) is 5.60 Å². The zero-order chi connectivity index (χ0) is 14.8. The van der Waals surface area contributed by atoms with E-state index in [2.05, 4.69) is 13.8 Å². The molecule has 0 aromatic rings. The number of hydrogen-bond acceptors (Lipinski definition) is 5. The van der Waals surface area contributed by atoms with Gasteiger partial charge in [0.2, 0.25) is 0 Å². The van der Waals surface area contributed by atoms with E-state index in [4.69, 9.17) is 24.7 Å². The Bertz CT molecular complexity index is 226. The summed E-state index contributed by atoms with van der Waals surface area (Å²) in [6, 6.07) is 0.769. The van der Waals surface area contributed by atoms with Crippen LogP contribution in [0.4, 0.5) is 0 Å². The molecule has 0 fully saturated rings. The topological polar surface area (TPSA) is 79.7 Å². The molecule has 6 heteroatoms. The third kappa shape index (κ3) is 6.83. The third-order valence-corrected chi connectivity index (χ3v) is 6.47. The minimum atomic E-state index is -2.65. The summed E-state index contributed by atoms with van der Waals surface area (Å²) in [7, 11) is -2.65. The van der Waals surface area contributed by atoms with E-state index in [1.54, 1.807) is 0 Å². The van der Waals surface area contributed by atoms with Crippen molar-refractivity contribution in [3.63, 3.8) is 0 Å². The molecular weight excluding hydrogens is 260 g/mol. The SMILES string of the molecule is CCO[Si](CCCN)(OCC)OC(C)(CC)CCN. The zero-order valence-electron chi connectivity index (χ0n) is 13.0. The maximum absolute atomic E-state index is 6.36. The summed E-state index contributed by atoms with van der Waals surface area (Å²) < 4.78 is 18.2. The molecule has 0 rings (SSSR count). The molecule has 116 valence electrons. The zero-order valence-corrected chi connectivity index (χ0v) is 14.0. The molecule has 1 atom stereocenters. The summed E-state index contributed by atoms with van der Waals surface area (Å²) in [6.45, 7) is 10.6. The second kappa shape index (κ2) is 9.85. The Morgan fingerprint density at radius 1 is 1.00 bits per heavy atom. The molecule has 4 N–H and O–H groups in total. The normalized spacial score (nSPS) is 15.5. The van der Waals surface area contributed by atoms with E-state index in [1.165, 1.54) is 0 Å². The van der Waals surface area contributed by atoms with E-state index < -0.39 is 8.80 Å². The molecule has 0 aliphatic carbocycles. The minimum Gasteiger partial charge on any atom is -0.374 e. The van der Waals surface area contributed by atoms with Crippen molar-refractivity contribution in [3.05, 3.63) is 0 Å². The van der Waals surface area contributed by atoms with Crippen LogP contribution >= 0.6 is 0 Å². The van der Waals surface area contributed by atoms with Gasteiger partial charge in [-0.2, -0.15) is 0 Å². The van der Waals surface area contributed by atoms with Crippen LogP contribution in [-0.2, 0) is 13.3 Å². The van der Waals surface area contributed by atoms with E-state index in [0.717, 1.165) is 25.3 Å². The van der Waals surface area contributed by atoms with Crippen LogP contribution in [0.25, 0.3) is 0 Å². The van der Waals surface area contributed by atoms with E-state index in [0.29, 0.717) is 26.3 Å². The van der Waals surface area contributed by atoms with Crippen LogP contribution in [0.2, 0.25) is 6.04 Å². The average Bonchev–Trinajstić information content (AvgIpc) is 2.37. The summed E-state index contributed by atoms with van der Waals surface area (Å²) in [5, 5.41) is 0. The van der Waals surface area contributed by atoms with Crippen molar-refractivity contribution in [2.75, 3.05) is 26.3 Å².